The van der Waals surface area contributed by atoms with E-state index in [1.165, 1.54) is 11.8 Å². The minimum Gasteiger partial charge on any atom is -0.482 e. The summed E-state index contributed by atoms with van der Waals surface area (Å²) in [5, 5.41) is 12.2. The van der Waals surface area contributed by atoms with Crippen molar-refractivity contribution in [3.8, 4) is 5.75 Å². The largest absolute Gasteiger partial charge is 0.482 e. The first-order valence-electron chi connectivity index (χ1n) is 10.4. The van der Waals surface area contributed by atoms with Crippen molar-refractivity contribution in [2.45, 2.75) is 38.5 Å². The van der Waals surface area contributed by atoms with Crippen LogP contribution in [0.2, 0.25) is 0 Å². The summed E-state index contributed by atoms with van der Waals surface area (Å²) in [6, 6.07) is 14.8. The zero-order valence-corrected chi connectivity index (χ0v) is 19.1. The summed E-state index contributed by atoms with van der Waals surface area (Å²) in [7, 11) is 0. The monoisotopic (exact) mass is 451 g/mol. The van der Waals surface area contributed by atoms with Crippen LogP contribution in [0.15, 0.2) is 53.7 Å². The molecule has 0 saturated heterocycles. The van der Waals surface area contributed by atoms with Gasteiger partial charge in [-0.2, -0.15) is 0 Å². The Bertz CT molecular complexity index is 1150. The molecule has 3 aromatic rings. The highest BCUT2D eigenvalue weighted by Gasteiger charge is 2.33. The lowest BCUT2D eigenvalue weighted by Crippen LogP contribution is -2.41. The molecule has 0 bridgehead atoms. The standard InChI is InChI=1S/C23H25N5O3S/c1-4-27-22(16(3)28-18-10-5-6-11-19(18)31-13-21(28)30)25-26-23(27)32-14-20(29)24-17-9-7-8-15(2)12-17/h5-12,16H,4,13-14H2,1-3H3,(H,24,29)/t16-/m1/s1. The van der Waals surface area contributed by atoms with Crippen LogP contribution < -0.4 is 15.0 Å². The van der Waals surface area contributed by atoms with Gasteiger partial charge in [0.1, 0.15) is 5.75 Å². The number of aromatic nitrogens is 3. The molecule has 166 valence electrons. The number of carbonyl (C=O) groups is 2. The van der Waals surface area contributed by atoms with Crippen LogP contribution in [0.1, 0.15) is 31.3 Å². The van der Waals surface area contributed by atoms with E-state index in [0.29, 0.717) is 29.0 Å². The van der Waals surface area contributed by atoms with Gasteiger partial charge in [0.25, 0.3) is 5.91 Å². The molecule has 2 heterocycles. The Morgan fingerprint density at radius 3 is 2.81 bits per heavy atom. The third-order valence-corrected chi connectivity index (χ3v) is 6.17. The first-order valence-corrected chi connectivity index (χ1v) is 11.4. The molecule has 0 spiro atoms. The minimum absolute atomic E-state index is 0.0116. The molecule has 1 aliphatic rings. The maximum atomic E-state index is 12.7. The first kappa shape index (κ1) is 21.9. The minimum atomic E-state index is -0.338. The second-order valence-electron chi connectivity index (χ2n) is 7.49. The van der Waals surface area contributed by atoms with Crippen LogP contribution in [0.5, 0.6) is 5.75 Å². The number of aryl methyl sites for hydroxylation is 1. The molecule has 2 amide bonds. The van der Waals surface area contributed by atoms with Crippen molar-refractivity contribution in [1.82, 2.24) is 14.8 Å². The van der Waals surface area contributed by atoms with E-state index in [1.54, 1.807) is 4.90 Å². The summed E-state index contributed by atoms with van der Waals surface area (Å²) >= 11 is 1.32. The smallest absolute Gasteiger partial charge is 0.265 e. The fourth-order valence-corrected chi connectivity index (χ4v) is 4.53. The number of hydrogen-bond acceptors (Lipinski definition) is 6. The average molecular weight is 452 g/mol. The molecule has 8 nitrogen and oxygen atoms in total. The number of carbonyl (C=O) groups excluding carboxylic acids is 2. The number of anilines is 2. The highest BCUT2D eigenvalue weighted by Crippen LogP contribution is 2.37. The van der Waals surface area contributed by atoms with Crippen molar-refractivity contribution >= 4 is 35.0 Å². The maximum absolute atomic E-state index is 12.7. The van der Waals surface area contributed by atoms with E-state index in [1.807, 2.05) is 73.9 Å². The van der Waals surface area contributed by atoms with Gasteiger partial charge in [-0.1, -0.05) is 36.0 Å². The van der Waals surface area contributed by atoms with Crippen molar-refractivity contribution in [3.63, 3.8) is 0 Å². The van der Waals surface area contributed by atoms with Crippen LogP contribution in [-0.4, -0.2) is 38.9 Å². The zero-order valence-electron chi connectivity index (χ0n) is 18.2. The van der Waals surface area contributed by atoms with Crippen molar-refractivity contribution in [2.24, 2.45) is 0 Å². The van der Waals surface area contributed by atoms with Crippen LogP contribution in [0.3, 0.4) is 0 Å². The fourth-order valence-electron chi connectivity index (χ4n) is 3.72. The van der Waals surface area contributed by atoms with Crippen molar-refractivity contribution in [1.29, 1.82) is 0 Å². The number of hydrogen-bond donors (Lipinski definition) is 1. The Kier molecular flexibility index (Phi) is 6.45. The van der Waals surface area contributed by atoms with Gasteiger partial charge in [-0.15, -0.1) is 10.2 Å². The predicted octanol–water partition coefficient (Wildman–Crippen LogP) is 3.82. The topological polar surface area (TPSA) is 89.4 Å². The molecule has 0 unspecified atom stereocenters. The second-order valence-corrected chi connectivity index (χ2v) is 8.43. The third kappa shape index (κ3) is 4.47. The molecular weight excluding hydrogens is 426 g/mol. The summed E-state index contributed by atoms with van der Waals surface area (Å²) in [6.07, 6.45) is 0. The zero-order chi connectivity index (χ0) is 22.7. The number of benzene rings is 2. The number of nitrogens with zero attached hydrogens (tertiary/aromatic N) is 4. The number of rotatable bonds is 7. The van der Waals surface area contributed by atoms with E-state index in [4.69, 9.17) is 4.74 Å². The number of ether oxygens (including phenoxy) is 1. The van der Waals surface area contributed by atoms with Gasteiger partial charge in [0, 0.05) is 12.2 Å². The maximum Gasteiger partial charge on any atom is 0.265 e. The van der Waals surface area contributed by atoms with Gasteiger partial charge in [0.2, 0.25) is 5.91 Å². The number of thioether (sulfide) groups is 1. The molecule has 1 N–H and O–H groups in total. The van der Waals surface area contributed by atoms with E-state index in [2.05, 4.69) is 15.5 Å². The number of para-hydroxylation sites is 2. The molecule has 1 aliphatic heterocycles. The highest BCUT2D eigenvalue weighted by atomic mass is 32.2. The van der Waals surface area contributed by atoms with Gasteiger partial charge in [-0.3, -0.25) is 14.5 Å². The lowest BCUT2D eigenvalue weighted by atomic mass is 10.1. The third-order valence-electron chi connectivity index (χ3n) is 5.20. The van der Waals surface area contributed by atoms with Gasteiger partial charge < -0.3 is 14.6 Å². The molecular formula is C23H25N5O3S. The molecule has 1 aromatic heterocycles. The SMILES string of the molecule is CCn1c(SCC(=O)Nc2cccc(C)c2)nnc1[C@@H](C)N1C(=O)COc2ccccc21. The predicted molar refractivity (Wildman–Crippen MR) is 124 cm³/mol. The van der Waals surface area contributed by atoms with E-state index in [-0.39, 0.29) is 30.2 Å². The molecule has 0 radical (unpaired) electrons. The van der Waals surface area contributed by atoms with Gasteiger partial charge in [0.15, 0.2) is 17.6 Å². The van der Waals surface area contributed by atoms with E-state index in [0.717, 1.165) is 11.3 Å². The molecule has 0 aliphatic carbocycles. The van der Waals surface area contributed by atoms with Crippen LogP contribution in [0.4, 0.5) is 11.4 Å². The van der Waals surface area contributed by atoms with Gasteiger partial charge in [0.05, 0.1) is 17.5 Å². The number of nitrogens with one attached hydrogen (secondary N) is 1. The molecule has 0 saturated carbocycles. The summed E-state index contributed by atoms with van der Waals surface area (Å²) < 4.78 is 7.50. The summed E-state index contributed by atoms with van der Waals surface area (Å²) in [5.74, 6) is 1.30. The number of fused-ring (bicyclic) bond motifs is 1. The van der Waals surface area contributed by atoms with Crippen LogP contribution in [-0.2, 0) is 16.1 Å². The summed E-state index contributed by atoms with van der Waals surface area (Å²) in [6.45, 7) is 6.51. The van der Waals surface area contributed by atoms with E-state index in [9.17, 15) is 9.59 Å². The van der Waals surface area contributed by atoms with E-state index >= 15 is 0 Å². The highest BCUT2D eigenvalue weighted by molar-refractivity contribution is 7.99. The Hall–Kier alpha value is -3.33. The molecule has 1 atom stereocenters. The summed E-state index contributed by atoms with van der Waals surface area (Å²) in [5.41, 5.74) is 2.57. The Balaban J connectivity index is 1.49. The van der Waals surface area contributed by atoms with Crippen LogP contribution in [0, 0.1) is 6.92 Å². The van der Waals surface area contributed by atoms with Crippen LogP contribution >= 0.6 is 11.8 Å². The molecule has 2 aromatic carbocycles. The van der Waals surface area contributed by atoms with Gasteiger partial charge >= 0.3 is 0 Å². The summed E-state index contributed by atoms with van der Waals surface area (Å²) in [4.78, 5) is 26.8. The molecule has 32 heavy (non-hydrogen) atoms. The van der Waals surface area contributed by atoms with Gasteiger partial charge in [-0.25, -0.2) is 0 Å². The molecule has 4 rings (SSSR count). The average Bonchev–Trinajstić information content (AvgIpc) is 3.20. The number of amides is 2. The molecule has 0 fully saturated rings. The quantitative estimate of drug-likeness (QED) is 0.549. The second kappa shape index (κ2) is 9.44. The normalized spacial score (nSPS) is 14.0. The Morgan fingerprint density at radius 1 is 1.22 bits per heavy atom. The van der Waals surface area contributed by atoms with E-state index < -0.39 is 0 Å². The Labute approximate surface area is 191 Å². The van der Waals surface area contributed by atoms with Crippen LogP contribution in [0.25, 0.3) is 0 Å². The lowest BCUT2D eigenvalue weighted by Gasteiger charge is -2.33. The van der Waals surface area contributed by atoms with Crippen molar-refractivity contribution in [3.05, 3.63) is 59.9 Å². The lowest BCUT2D eigenvalue weighted by molar-refractivity contribution is -0.121. The first-order chi connectivity index (χ1) is 15.5. The van der Waals surface area contributed by atoms with Crippen molar-refractivity contribution in [2.75, 3.05) is 22.6 Å². The fraction of sp³-hybridized carbons (Fsp3) is 0.304. The Morgan fingerprint density at radius 2 is 2.03 bits per heavy atom. The molecule has 9 heteroatoms. The van der Waals surface area contributed by atoms with Gasteiger partial charge in [-0.05, 0) is 50.6 Å². The van der Waals surface area contributed by atoms with Crippen molar-refractivity contribution < 1.29 is 14.3 Å².